The number of nitrogens with two attached hydrogens (primary N) is 1. The van der Waals surface area contributed by atoms with Gasteiger partial charge in [0.1, 0.15) is 12.1 Å². The second kappa shape index (κ2) is 26.6. The standard InChI is InChI=1S/C44H77N7O9/c1-13-30(6)39(50(10)44(56)37(28(2)3)48-43(55)38(29(4)5)49(8)9)35(57-11)27-36(52)51-22-17-20-34(51)40(58-12)31(7)41(53)47-33(26-32-18-15-14-16-19-32)42(54)46-21-23-59-24-25-60-45/h14-16,18-19,28-31,33-35,37-40H,13,17,20-27,45H2,1-12H3,(H,46,54)(H,47,53)(H,48,55)/t30-,31+,33-,34-,35+,37-,38-,39-,40+/m0/s1. The molecule has 1 heterocycles. The minimum Gasteiger partial charge on any atom is -0.379 e. The summed E-state index contributed by atoms with van der Waals surface area (Å²) in [5, 5.41) is 8.84. The Balaban J connectivity index is 2.27. The number of carbonyl (C=O) groups excluding carboxylic acids is 5. The van der Waals surface area contributed by atoms with Crippen LogP contribution in [0.3, 0.4) is 0 Å². The molecule has 1 fully saturated rings. The number of benzene rings is 1. The third-order valence-electron chi connectivity index (χ3n) is 11.8. The molecule has 1 aliphatic heterocycles. The van der Waals surface area contributed by atoms with E-state index in [-0.39, 0.29) is 86.5 Å². The summed E-state index contributed by atoms with van der Waals surface area (Å²) in [6.45, 7) is 15.0. The first-order valence-electron chi connectivity index (χ1n) is 21.5. The number of nitrogens with zero attached hydrogens (tertiary/aromatic N) is 3. The fourth-order valence-corrected chi connectivity index (χ4v) is 8.35. The van der Waals surface area contributed by atoms with Gasteiger partial charge in [-0.2, -0.15) is 0 Å². The van der Waals surface area contributed by atoms with Crippen molar-refractivity contribution in [2.24, 2.45) is 29.6 Å². The zero-order valence-corrected chi connectivity index (χ0v) is 38.4. The highest BCUT2D eigenvalue weighted by molar-refractivity contribution is 5.90. The number of hydrogen-bond acceptors (Lipinski definition) is 11. The van der Waals surface area contributed by atoms with Gasteiger partial charge in [0.25, 0.3) is 0 Å². The summed E-state index contributed by atoms with van der Waals surface area (Å²) in [7, 11) is 8.51. The number of likely N-dealkylation sites (tertiary alicyclic amines) is 1. The van der Waals surface area contributed by atoms with Gasteiger partial charge < -0.3 is 44.8 Å². The first-order chi connectivity index (χ1) is 28.4. The number of amides is 5. The van der Waals surface area contributed by atoms with Crippen LogP contribution in [0.25, 0.3) is 0 Å². The average molecular weight is 848 g/mol. The molecule has 2 rings (SSSR count). The fraction of sp³-hybridized carbons (Fsp3) is 0.750. The van der Waals surface area contributed by atoms with Crippen molar-refractivity contribution in [2.45, 2.75) is 123 Å². The molecule has 5 N–H and O–H groups in total. The Labute approximate surface area is 359 Å². The summed E-state index contributed by atoms with van der Waals surface area (Å²) in [5.74, 6) is 2.74. The molecule has 9 atom stereocenters. The van der Waals surface area contributed by atoms with Crippen LogP contribution in [-0.2, 0) is 49.4 Å². The number of likely N-dealkylation sites (N-methyl/N-ethyl adjacent to an activating group) is 2. The van der Waals surface area contributed by atoms with Crippen molar-refractivity contribution in [3.63, 3.8) is 0 Å². The van der Waals surface area contributed by atoms with Gasteiger partial charge >= 0.3 is 0 Å². The Morgan fingerprint density at radius 1 is 0.867 bits per heavy atom. The highest BCUT2D eigenvalue weighted by atomic mass is 16.6. The molecule has 0 bridgehead atoms. The second-order valence-corrected chi connectivity index (χ2v) is 17.0. The van der Waals surface area contributed by atoms with Crippen molar-refractivity contribution in [1.29, 1.82) is 0 Å². The minimum atomic E-state index is -0.874. The Morgan fingerprint density at radius 3 is 2.08 bits per heavy atom. The van der Waals surface area contributed by atoms with Gasteiger partial charge in [0.15, 0.2) is 0 Å². The van der Waals surface area contributed by atoms with Gasteiger partial charge in [-0.05, 0) is 50.3 Å². The van der Waals surface area contributed by atoms with E-state index in [1.807, 2.05) is 90.9 Å². The largest absolute Gasteiger partial charge is 0.379 e. The zero-order chi connectivity index (χ0) is 45.1. The fourth-order valence-electron chi connectivity index (χ4n) is 8.35. The van der Waals surface area contributed by atoms with Gasteiger partial charge in [-0.15, -0.1) is 0 Å². The molecule has 1 saturated heterocycles. The smallest absolute Gasteiger partial charge is 0.245 e. The molecular formula is C44H77N7O9. The van der Waals surface area contributed by atoms with Crippen molar-refractivity contribution in [3.8, 4) is 0 Å². The lowest BCUT2D eigenvalue weighted by Crippen LogP contribution is -2.59. The van der Waals surface area contributed by atoms with Crippen molar-refractivity contribution < 1.29 is 43.0 Å². The normalized spacial score (nSPS) is 18.3. The number of ether oxygens (including phenoxy) is 3. The Kier molecular flexibility index (Phi) is 23.3. The molecule has 60 heavy (non-hydrogen) atoms. The molecule has 1 aromatic rings. The van der Waals surface area contributed by atoms with E-state index >= 15 is 0 Å². The molecule has 0 saturated carbocycles. The maximum Gasteiger partial charge on any atom is 0.245 e. The molecule has 0 spiro atoms. The lowest BCUT2D eigenvalue weighted by atomic mass is 9.89. The van der Waals surface area contributed by atoms with E-state index in [4.69, 9.17) is 20.1 Å². The lowest BCUT2D eigenvalue weighted by Gasteiger charge is -2.41. The van der Waals surface area contributed by atoms with Gasteiger partial charge in [0.05, 0.1) is 62.5 Å². The van der Waals surface area contributed by atoms with Gasteiger partial charge in [0.2, 0.25) is 29.5 Å². The van der Waals surface area contributed by atoms with Crippen LogP contribution in [0.15, 0.2) is 30.3 Å². The molecule has 1 aliphatic rings. The Bertz CT molecular complexity index is 1460. The molecule has 16 heteroatoms. The van der Waals surface area contributed by atoms with Crippen LogP contribution in [0.4, 0.5) is 0 Å². The zero-order valence-electron chi connectivity index (χ0n) is 38.4. The monoisotopic (exact) mass is 848 g/mol. The van der Waals surface area contributed by atoms with Gasteiger partial charge in [0, 0.05) is 40.8 Å². The Hall–Kier alpha value is -3.67. The molecule has 342 valence electrons. The summed E-state index contributed by atoms with van der Waals surface area (Å²) in [6, 6.07) is 6.47. The molecule has 0 aliphatic carbocycles. The number of hydrogen-bond donors (Lipinski definition) is 4. The topological polar surface area (TPSA) is 194 Å². The third-order valence-corrected chi connectivity index (χ3v) is 11.8. The minimum absolute atomic E-state index is 0.00627. The van der Waals surface area contributed by atoms with E-state index in [0.29, 0.717) is 19.4 Å². The number of methoxy groups -OCH3 is 2. The molecule has 5 amide bonds. The molecule has 0 unspecified atom stereocenters. The predicted octanol–water partition coefficient (Wildman–Crippen LogP) is 2.38. The number of rotatable bonds is 27. The van der Waals surface area contributed by atoms with E-state index in [1.54, 1.807) is 30.9 Å². The molecule has 0 radical (unpaired) electrons. The third kappa shape index (κ3) is 15.4. The van der Waals surface area contributed by atoms with Crippen LogP contribution in [0, 0.1) is 23.7 Å². The van der Waals surface area contributed by atoms with Crippen molar-refractivity contribution in [2.75, 3.05) is 68.3 Å². The Morgan fingerprint density at radius 2 is 1.53 bits per heavy atom. The first-order valence-corrected chi connectivity index (χ1v) is 21.5. The molecule has 1 aromatic carbocycles. The van der Waals surface area contributed by atoms with Crippen LogP contribution in [-0.4, -0.2) is 155 Å². The predicted molar refractivity (Wildman–Crippen MR) is 231 cm³/mol. The van der Waals surface area contributed by atoms with E-state index in [9.17, 15) is 24.0 Å². The van der Waals surface area contributed by atoms with Crippen LogP contribution < -0.4 is 21.8 Å². The molecule has 0 aromatic heterocycles. The van der Waals surface area contributed by atoms with Crippen LogP contribution >= 0.6 is 0 Å². The maximum atomic E-state index is 14.3. The maximum absolute atomic E-state index is 14.3. The van der Waals surface area contributed by atoms with E-state index in [0.717, 1.165) is 12.0 Å². The lowest BCUT2D eigenvalue weighted by molar-refractivity contribution is -0.148. The van der Waals surface area contributed by atoms with E-state index < -0.39 is 48.3 Å². The van der Waals surface area contributed by atoms with Crippen molar-refractivity contribution >= 4 is 29.5 Å². The van der Waals surface area contributed by atoms with E-state index in [1.165, 1.54) is 7.11 Å². The van der Waals surface area contributed by atoms with E-state index in [2.05, 4.69) is 20.8 Å². The van der Waals surface area contributed by atoms with Gasteiger partial charge in [-0.1, -0.05) is 85.2 Å². The summed E-state index contributed by atoms with van der Waals surface area (Å²) < 4.78 is 17.4. The van der Waals surface area contributed by atoms with Crippen LogP contribution in [0.1, 0.15) is 79.7 Å². The highest BCUT2D eigenvalue weighted by Crippen LogP contribution is 2.30. The van der Waals surface area contributed by atoms with Gasteiger partial charge in [-0.3, -0.25) is 28.9 Å². The number of carbonyl (C=O) groups is 5. The van der Waals surface area contributed by atoms with Crippen LogP contribution in [0.5, 0.6) is 0 Å². The van der Waals surface area contributed by atoms with Crippen molar-refractivity contribution in [3.05, 3.63) is 35.9 Å². The SMILES string of the molecule is CC[C@H](C)[C@@H]([C@@H](CC(=O)N1CCC[C@H]1[C@H](OC)[C@@H](C)C(=O)N[C@@H](Cc1ccccc1)C(=O)NCCOCCON)OC)N(C)C(=O)[C@@H](NC(=O)[C@H](C(C)C)N(C)C)C(C)C. The average Bonchev–Trinajstić information content (AvgIpc) is 3.70. The second-order valence-electron chi connectivity index (χ2n) is 17.0. The van der Waals surface area contributed by atoms with Crippen LogP contribution in [0.2, 0.25) is 0 Å². The number of nitrogens with one attached hydrogen (secondary N) is 3. The summed E-state index contributed by atoms with van der Waals surface area (Å²) in [5.41, 5.74) is 0.877. The summed E-state index contributed by atoms with van der Waals surface area (Å²) in [4.78, 5) is 79.3. The van der Waals surface area contributed by atoms with Gasteiger partial charge in [-0.25, -0.2) is 5.90 Å². The molecular weight excluding hydrogens is 771 g/mol. The summed E-state index contributed by atoms with van der Waals surface area (Å²) in [6.07, 6.45) is 0.992. The highest BCUT2D eigenvalue weighted by Gasteiger charge is 2.43. The summed E-state index contributed by atoms with van der Waals surface area (Å²) >= 11 is 0. The quantitative estimate of drug-likeness (QED) is 0.0751. The molecule has 16 nitrogen and oxygen atoms in total. The first kappa shape index (κ1) is 52.5. The van der Waals surface area contributed by atoms with Crippen molar-refractivity contribution in [1.82, 2.24) is 30.7 Å².